The van der Waals surface area contributed by atoms with Crippen LogP contribution in [0.1, 0.15) is 0 Å². The molecule has 0 saturated carbocycles. The molecule has 60 valence electrons. The maximum absolute atomic E-state index is 5.24. The fraction of sp³-hybridized carbons (Fsp3) is 0. The number of rotatable bonds is 1. The molecular formula is C7H10N2OS. The van der Waals surface area contributed by atoms with E-state index in [-0.39, 0.29) is 5.48 Å². The molecule has 0 aromatic heterocycles. The van der Waals surface area contributed by atoms with Gasteiger partial charge in [0.25, 0.3) is 0 Å². The standard InChI is InChI=1S/C7H8N2S.H2O/c8-7(10)9-6-4-2-1-3-5-6;/h1-5H,(H3,8,9,10);1H2. The Balaban J connectivity index is 0.000001000. The van der Waals surface area contributed by atoms with Gasteiger partial charge in [0.2, 0.25) is 0 Å². The fourth-order valence-electron chi connectivity index (χ4n) is 0.664. The van der Waals surface area contributed by atoms with Crippen LogP contribution in [0.2, 0.25) is 0 Å². The Morgan fingerprint density at radius 1 is 1.27 bits per heavy atom. The van der Waals surface area contributed by atoms with Crippen molar-refractivity contribution >= 4 is 23.0 Å². The zero-order valence-corrected chi connectivity index (χ0v) is 6.69. The maximum Gasteiger partial charge on any atom is 0.168 e. The minimum Gasteiger partial charge on any atom is -0.412 e. The zero-order chi connectivity index (χ0) is 7.40. The smallest absolute Gasteiger partial charge is 0.168 e. The van der Waals surface area contributed by atoms with Crippen molar-refractivity contribution in [1.82, 2.24) is 0 Å². The summed E-state index contributed by atoms with van der Waals surface area (Å²) in [5.74, 6) is 0. The van der Waals surface area contributed by atoms with Crippen LogP contribution in [0.3, 0.4) is 0 Å². The molecule has 11 heavy (non-hydrogen) atoms. The Hall–Kier alpha value is -1.13. The van der Waals surface area contributed by atoms with Gasteiger partial charge < -0.3 is 16.5 Å². The molecule has 0 fully saturated rings. The molecule has 1 aromatic rings. The van der Waals surface area contributed by atoms with Crippen molar-refractivity contribution in [2.75, 3.05) is 5.32 Å². The summed E-state index contributed by atoms with van der Waals surface area (Å²) in [5, 5.41) is 3.11. The summed E-state index contributed by atoms with van der Waals surface area (Å²) >= 11 is 4.64. The van der Waals surface area contributed by atoms with E-state index in [2.05, 4.69) is 17.5 Å². The van der Waals surface area contributed by atoms with E-state index in [9.17, 15) is 0 Å². The molecule has 5 N–H and O–H groups in total. The molecule has 3 nitrogen and oxygen atoms in total. The lowest BCUT2D eigenvalue weighted by atomic mass is 10.3. The van der Waals surface area contributed by atoms with Gasteiger partial charge in [0, 0.05) is 5.69 Å². The third kappa shape index (κ3) is 3.54. The third-order valence-electron chi connectivity index (χ3n) is 1.04. The van der Waals surface area contributed by atoms with E-state index in [4.69, 9.17) is 5.73 Å². The second-order valence-corrected chi connectivity index (χ2v) is 2.30. The second-order valence-electron chi connectivity index (χ2n) is 1.86. The molecule has 0 bridgehead atoms. The average molecular weight is 170 g/mol. The van der Waals surface area contributed by atoms with Crippen LogP contribution in [0.25, 0.3) is 0 Å². The molecule has 0 aliphatic heterocycles. The Morgan fingerprint density at radius 2 is 1.82 bits per heavy atom. The van der Waals surface area contributed by atoms with E-state index in [1.165, 1.54) is 0 Å². The molecular weight excluding hydrogens is 160 g/mol. The normalized spacial score (nSPS) is 8.00. The monoisotopic (exact) mass is 170 g/mol. The first kappa shape index (κ1) is 9.87. The molecule has 0 aliphatic rings. The highest BCUT2D eigenvalue weighted by molar-refractivity contribution is 7.80. The summed E-state index contributed by atoms with van der Waals surface area (Å²) in [7, 11) is 0. The zero-order valence-electron chi connectivity index (χ0n) is 5.87. The summed E-state index contributed by atoms with van der Waals surface area (Å²) < 4.78 is 0. The van der Waals surface area contributed by atoms with Crippen LogP contribution in [0.4, 0.5) is 5.69 Å². The average Bonchev–Trinajstić information content (AvgIpc) is 1.88. The summed E-state index contributed by atoms with van der Waals surface area (Å²) in [6, 6.07) is 9.57. The largest absolute Gasteiger partial charge is 0.412 e. The minimum atomic E-state index is 0. The van der Waals surface area contributed by atoms with E-state index in [1.807, 2.05) is 30.3 Å². The second kappa shape index (κ2) is 4.65. The van der Waals surface area contributed by atoms with Crippen LogP contribution < -0.4 is 11.1 Å². The topological polar surface area (TPSA) is 69.5 Å². The van der Waals surface area contributed by atoms with Gasteiger partial charge in [0.15, 0.2) is 5.11 Å². The maximum atomic E-state index is 5.24. The highest BCUT2D eigenvalue weighted by atomic mass is 32.1. The highest BCUT2D eigenvalue weighted by Gasteiger charge is 1.87. The van der Waals surface area contributed by atoms with Gasteiger partial charge in [-0.15, -0.1) is 0 Å². The van der Waals surface area contributed by atoms with Gasteiger partial charge in [0.1, 0.15) is 0 Å². The van der Waals surface area contributed by atoms with Gasteiger partial charge in [-0.1, -0.05) is 18.2 Å². The van der Waals surface area contributed by atoms with Crippen molar-refractivity contribution in [3.63, 3.8) is 0 Å². The summed E-state index contributed by atoms with van der Waals surface area (Å²) in [5.41, 5.74) is 6.17. The summed E-state index contributed by atoms with van der Waals surface area (Å²) in [6.45, 7) is 0. The Morgan fingerprint density at radius 3 is 2.27 bits per heavy atom. The van der Waals surface area contributed by atoms with Gasteiger partial charge in [0.05, 0.1) is 0 Å². The number of hydrogen-bond acceptors (Lipinski definition) is 1. The molecule has 0 saturated heterocycles. The first-order chi connectivity index (χ1) is 4.79. The number of benzene rings is 1. The number of thiocarbonyl (C=S) groups is 1. The van der Waals surface area contributed by atoms with Crippen LogP contribution >= 0.6 is 12.2 Å². The summed E-state index contributed by atoms with van der Waals surface area (Å²) in [6.07, 6.45) is 0. The van der Waals surface area contributed by atoms with E-state index in [0.717, 1.165) is 5.69 Å². The predicted octanol–water partition coefficient (Wildman–Crippen LogP) is 0.517. The molecule has 0 heterocycles. The molecule has 0 atom stereocenters. The molecule has 1 aromatic carbocycles. The third-order valence-corrected chi connectivity index (χ3v) is 1.14. The first-order valence-electron chi connectivity index (χ1n) is 2.90. The van der Waals surface area contributed by atoms with Crippen LogP contribution in [0, 0.1) is 0 Å². The molecule has 0 amide bonds. The van der Waals surface area contributed by atoms with Crippen LogP contribution in [0.15, 0.2) is 30.3 Å². The van der Waals surface area contributed by atoms with Gasteiger partial charge >= 0.3 is 0 Å². The first-order valence-corrected chi connectivity index (χ1v) is 3.31. The lowest BCUT2D eigenvalue weighted by Gasteiger charge is -2.00. The van der Waals surface area contributed by atoms with Crippen molar-refractivity contribution < 1.29 is 5.48 Å². The summed E-state index contributed by atoms with van der Waals surface area (Å²) in [4.78, 5) is 0. The molecule has 4 heteroatoms. The van der Waals surface area contributed by atoms with Crippen molar-refractivity contribution in [3.8, 4) is 0 Å². The molecule has 0 spiro atoms. The Labute approximate surface area is 70.5 Å². The van der Waals surface area contributed by atoms with E-state index in [1.54, 1.807) is 0 Å². The number of hydrogen-bond donors (Lipinski definition) is 2. The quantitative estimate of drug-likeness (QED) is 0.603. The number of nitrogens with one attached hydrogen (secondary N) is 1. The van der Waals surface area contributed by atoms with E-state index >= 15 is 0 Å². The molecule has 0 unspecified atom stereocenters. The molecule has 0 radical (unpaired) electrons. The van der Waals surface area contributed by atoms with E-state index in [0.29, 0.717) is 5.11 Å². The van der Waals surface area contributed by atoms with Crippen molar-refractivity contribution in [2.24, 2.45) is 5.73 Å². The van der Waals surface area contributed by atoms with Crippen LogP contribution in [-0.2, 0) is 0 Å². The predicted molar refractivity (Wildman–Crippen MR) is 50.5 cm³/mol. The lowest BCUT2D eigenvalue weighted by Crippen LogP contribution is -2.18. The Bertz CT molecular complexity index is 225. The van der Waals surface area contributed by atoms with Gasteiger partial charge in [-0.2, -0.15) is 0 Å². The van der Waals surface area contributed by atoms with Gasteiger partial charge in [-0.3, -0.25) is 0 Å². The van der Waals surface area contributed by atoms with Crippen LogP contribution in [-0.4, -0.2) is 10.6 Å². The molecule has 0 aliphatic carbocycles. The minimum absolute atomic E-state index is 0. The Kier molecular flexibility index (Phi) is 4.17. The number of nitrogens with two attached hydrogens (primary N) is 1. The van der Waals surface area contributed by atoms with Crippen molar-refractivity contribution in [3.05, 3.63) is 30.3 Å². The van der Waals surface area contributed by atoms with Gasteiger partial charge in [-0.05, 0) is 24.4 Å². The number of para-hydroxylation sites is 1. The van der Waals surface area contributed by atoms with Gasteiger partial charge in [-0.25, -0.2) is 0 Å². The van der Waals surface area contributed by atoms with Crippen LogP contribution in [0.5, 0.6) is 0 Å². The lowest BCUT2D eigenvalue weighted by molar-refractivity contribution is 0.824. The highest BCUT2D eigenvalue weighted by Crippen LogP contribution is 2.03. The SMILES string of the molecule is NC(=S)Nc1ccccc1.O. The molecule has 1 rings (SSSR count). The van der Waals surface area contributed by atoms with Crippen molar-refractivity contribution in [1.29, 1.82) is 0 Å². The number of anilines is 1. The van der Waals surface area contributed by atoms with E-state index < -0.39 is 0 Å². The fourth-order valence-corrected chi connectivity index (χ4v) is 0.782. The van der Waals surface area contributed by atoms with Crippen molar-refractivity contribution in [2.45, 2.75) is 0 Å².